The highest BCUT2D eigenvalue weighted by atomic mass is 32.1. The van der Waals surface area contributed by atoms with Crippen LogP contribution in [0.15, 0.2) is 17.5 Å². The number of aliphatic carboxylic acids is 1. The summed E-state index contributed by atoms with van der Waals surface area (Å²) in [4.78, 5) is 16.9. The van der Waals surface area contributed by atoms with Crippen molar-refractivity contribution in [1.29, 1.82) is 0 Å². The first kappa shape index (κ1) is 13.8. The molecule has 0 atom stereocenters. The van der Waals surface area contributed by atoms with Crippen molar-refractivity contribution >= 4 is 23.4 Å². The van der Waals surface area contributed by atoms with Crippen molar-refractivity contribution in [2.24, 2.45) is 0 Å². The van der Waals surface area contributed by atoms with E-state index in [1.54, 1.807) is 17.4 Å². The summed E-state index contributed by atoms with van der Waals surface area (Å²) < 4.78 is 0. The Bertz CT molecular complexity index is 500. The minimum Gasteiger partial charge on any atom is -0.478 e. The maximum atomic E-state index is 10.5. The molecule has 0 spiro atoms. The predicted octanol–water partition coefficient (Wildman–Crippen LogP) is 2.13. The van der Waals surface area contributed by atoms with Crippen molar-refractivity contribution in [2.45, 2.75) is 25.4 Å². The second-order valence-corrected chi connectivity index (χ2v) is 6.56. The van der Waals surface area contributed by atoms with E-state index in [9.17, 15) is 4.79 Å². The third-order valence-corrected chi connectivity index (χ3v) is 4.88. The van der Waals surface area contributed by atoms with Gasteiger partial charge in [0.2, 0.25) is 0 Å². The molecule has 1 aliphatic carbocycles. The molecule has 0 aromatic carbocycles. The number of rotatable bonds is 5. The van der Waals surface area contributed by atoms with E-state index in [0.717, 1.165) is 31.2 Å². The Morgan fingerprint density at radius 3 is 2.75 bits per heavy atom. The summed E-state index contributed by atoms with van der Waals surface area (Å²) >= 11 is 1.71. The van der Waals surface area contributed by atoms with Gasteiger partial charge in [-0.05, 0) is 35.9 Å². The molecule has 0 radical (unpaired) electrons. The molecule has 0 unspecified atom stereocenters. The van der Waals surface area contributed by atoms with Gasteiger partial charge in [0.25, 0.3) is 0 Å². The van der Waals surface area contributed by atoms with Crippen LogP contribution in [0.5, 0.6) is 0 Å². The van der Waals surface area contributed by atoms with Gasteiger partial charge >= 0.3 is 5.97 Å². The summed E-state index contributed by atoms with van der Waals surface area (Å²) in [5.41, 5.74) is 0.990. The molecule has 1 saturated carbocycles. The van der Waals surface area contributed by atoms with Gasteiger partial charge in [0, 0.05) is 49.7 Å². The number of hydrogen-bond acceptors (Lipinski definition) is 4. The van der Waals surface area contributed by atoms with E-state index in [2.05, 4.69) is 15.9 Å². The van der Waals surface area contributed by atoms with Crippen LogP contribution in [0, 0.1) is 0 Å². The van der Waals surface area contributed by atoms with E-state index < -0.39 is 5.97 Å². The molecule has 1 N–H and O–H groups in total. The lowest BCUT2D eigenvalue weighted by atomic mass is 10.2. The molecule has 20 heavy (non-hydrogen) atoms. The molecule has 1 aromatic rings. The maximum Gasteiger partial charge on any atom is 0.328 e. The second kappa shape index (κ2) is 6.08. The van der Waals surface area contributed by atoms with E-state index in [1.165, 1.54) is 36.9 Å². The summed E-state index contributed by atoms with van der Waals surface area (Å²) in [6.45, 7) is 5.68. The predicted molar refractivity (Wildman–Crippen MR) is 80.9 cm³/mol. The average molecular weight is 292 g/mol. The number of piperazine rings is 1. The van der Waals surface area contributed by atoms with Gasteiger partial charge in [-0.25, -0.2) is 4.79 Å². The van der Waals surface area contributed by atoms with Gasteiger partial charge in [0.15, 0.2) is 0 Å². The van der Waals surface area contributed by atoms with Crippen LogP contribution < -0.4 is 0 Å². The number of hydrogen-bond donors (Lipinski definition) is 1. The zero-order valence-electron chi connectivity index (χ0n) is 11.5. The molecule has 1 saturated heterocycles. The highest BCUT2D eigenvalue weighted by molar-refractivity contribution is 7.10. The second-order valence-electron chi connectivity index (χ2n) is 5.56. The van der Waals surface area contributed by atoms with Crippen molar-refractivity contribution < 1.29 is 9.90 Å². The monoisotopic (exact) mass is 292 g/mol. The van der Waals surface area contributed by atoms with E-state index in [0.29, 0.717) is 0 Å². The van der Waals surface area contributed by atoms with Crippen LogP contribution in [0.3, 0.4) is 0 Å². The molecule has 2 aliphatic rings. The molecular weight excluding hydrogens is 272 g/mol. The molecule has 4 nitrogen and oxygen atoms in total. The fourth-order valence-electron chi connectivity index (χ4n) is 2.68. The molecule has 0 amide bonds. The van der Waals surface area contributed by atoms with Crippen LogP contribution >= 0.6 is 11.3 Å². The van der Waals surface area contributed by atoms with Gasteiger partial charge in [-0.1, -0.05) is 0 Å². The molecule has 5 heteroatoms. The molecule has 2 fully saturated rings. The average Bonchev–Trinajstić information content (AvgIpc) is 3.19. The van der Waals surface area contributed by atoms with Gasteiger partial charge in [-0.15, -0.1) is 11.3 Å². The quantitative estimate of drug-likeness (QED) is 0.844. The summed E-state index contributed by atoms with van der Waals surface area (Å²) in [6.07, 6.45) is 5.64. The van der Waals surface area contributed by atoms with Gasteiger partial charge in [-0.3, -0.25) is 9.80 Å². The van der Waals surface area contributed by atoms with Gasteiger partial charge in [-0.2, -0.15) is 0 Å². The van der Waals surface area contributed by atoms with Crippen LogP contribution in [0.4, 0.5) is 0 Å². The highest BCUT2D eigenvalue weighted by Crippen LogP contribution is 2.28. The van der Waals surface area contributed by atoms with Gasteiger partial charge in [0.05, 0.1) is 0 Å². The third-order valence-electron chi connectivity index (χ3n) is 3.94. The molecule has 3 rings (SSSR count). The van der Waals surface area contributed by atoms with E-state index in [-0.39, 0.29) is 0 Å². The standard InChI is InChI=1S/C15H20N2O2S/c18-15(19)4-1-12-9-14(20-11-12)10-16-5-7-17(8-6-16)13-2-3-13/h1,4,9,11,13H,2-3,5-8,10H2,(H,18,19). The zero-order valence-corrected chi connectivity index (χ0v) is 12.3. The minimum absolute atomic E-state index is 0.881. The summed E-state index contributed by atoms with van der Waals surface area (Å²) in [5, 5.41) is 10.6. The van der Waals surface area contributed by atoms with Crippen molar-refractivity contribution in [2.75, 3.05) is 26.2 Å². The van der Waals surface area contributed by atoms with E-state index in [4.69, 9.17) is 5.11 Å². The summed E-state index contributed by atoms with van der Waals surface area (Å²) in [5.74, 6) is -0.894. The Hall–Kier alpha value is -1.17. The van der Waals surface area contributed by atoms with Crippen LogP contribution in [0.1, 0.15) is 23.3 Å². The van der Waals surface area contributed by atoms with Crippen LogP contribution in [-0.4, -0.2) is 53.1 Å². The normalized spacial score (nSPS) is 21.6. The van der Waals surface area contributed by atoms with Crippen LogP contribution in [0.2, 0.25) is 0 Å². The molecule has 1 aromatic heterocycles. The van der Waals surface area contributed by atoms with Crippen molar-refractivity contribution in [1.82, 2.24) is 9.80 Å². The molecule has 2 heterocycles. The van der Waals surface area contributed by atoms with Crippen molar-refractivity contribution in [3.05, 3.63) is 28.0 Å². The summed E-state index contributed by atoms with van der Waals surface area (Å²) in [7, 11) is 0. The van der Waals surface area contributed by atoms with Gasteiger partial charge < -0.3 is 5.11 Å². The Morgan fingerprint density at radius 2 is 2.10 bits per heavy atom. The Labute approximate surface area is 123 Å². The fraction of sp³-hybridized carbons (Fsp3) is 0.533. The first-order chi connectivity index (χ1) is 9.70. The minimum atomic E-state index is -0.894. The third kappa shape index (κ3) is 3.69. The molecule has 1 aliphatic heterocycles. The number of thiophene rings is 1. The van der Waals surface area contributed by atoms with Crippen molar-refractivity contribution in [3.63, 3.8) is 0 Å². The van der Waals surface area contributed by atoms with Crippen LogP contribution in [0.25, 0.3) is 6.08 Å². The SMILES string of the molecule is O=C(O)C=Cc1csc(CN2CCN(C3CC3)CC2)c1. The molecule has 108 valence electrons. The number of carbonyl (C=O) groups is 1. The topological polar surface area (TPSA) is 43.8 Å². The Kier molecular flexibility index (Phi) is 4.19. The van der Waals surface area contributed by atoms with Crippen LogP contribution in [-0.2, 0) is 11.3 Å². The Balaban J connectivity index is 1.49. The lowest BCUT2D eigenvalue weighted by Crippen LogP contribution is -2.46. The maximum absolute atomic E-state index is 10.5. The van der Waals surface area contributed by atoms with E-state index in [1.807, 2.05) is 5.38 Å². The number of carboxylic acid groups (broad SMARTS) is 1. The first-order valence-electron chi connectivity index (χ1n) is 7.15. The first-order valence-corrected chi connectivity index (χ1v) is 8.03. The Morgan fingerprint density at radius 1 is 1.35 bits per heavy atom. The number of nitrogens with zero attached hydrogens (tertiary/aromatic N) is 2. The summed E-state index contributed by atoms with van der Waals surface area (Å²) in [6, 6.07) is 2.98. The largest absolute Gasteiger partial charge is 0.478 e. The molecular formula is C15H20N2O2S. The highest BCUT2D eigenvalue weighted by Gasteiger charge is 2.31. The smallest absolute Gasteiger partial charge is 0.328 e. The zero-order chi connectivity index (χ0) is 13.9. The molecule has 0 bridgehead atoms. The van der Waals surface area contributed by atoms with E-state index >= 15 is 0 Å². The lowest BCUT2D eigenvalue weighted by Gasteiger charge is -2.34. The van der Waals surface area contributed by atoms with Crippen molar-refractivity contribution in [3.8, 4) is 0 Å². The fourth-order valence-corrected chi connectivity index (χ4v) is 3.58. The van der Waals surface area contributed by atoms with Gasteiger partial charge in [0.1, 0.15) is 0 Å². The number of carboxylic acids is 1. The lowest BCUT2D eigenvalue weighted by molar-refractivity contribution is -0.131.